The highest BCUT2D eigenvalue weighted by Gasteiger charge is 2.42. The summed E-state index contributed by atoms with van der Waals surface area (Å²) in [5.74, 6) is -3.55. The molecule has 0 aromatic rings. The first-order chi connectivity index (χ1) is 11.8. The first-order valence-corrected chi connectivity index (χ1v) is 8.64. The van der Waals surface area contributed by atoms with Crippen LogP contribution in [0.15, 0.2) is 12.2 Å². The van der Waals surface area contributed by atoms with Crippen molar-refractivity contribution in [2.75, 3.05) is 6.54 Å². The van der Waals surface area contributed by atoms with E-state index < -0.39 is 40.5 Å². The number of carbonyl (C=O) groups excluding carboxylic acids is 5. The first-order valence-electron chi connectivity index (χ1n) is 7.50. The fourth-order valence-electron chi connectivity index (χ4n) is 2.34. The summed E-state index contributed by atoms with van der Waals surface area (Å²) in [6.45, 7) is 0.236. The Morgan fingerprint density at radius 3 is 2.36 bits per heavy atom. The molecular weight excluding hydrogens is 356 g/mol. The molecule has 1 saturated heterocycles. The fraction of sp³-hybridized carbons (Fsp3) is 0.500. The van der Waals surface area contributed by atoms with Gasteiger partial charge in [0.2, 0.25) is 0 Å². The fourth-order valence-corrected chi connectivity index (χ4v) is 2.88. The number of imide groups is 2. The molecule has 136 valence electrons. The minimum atomic E-state index is -2.76. The van der Waals surface area contributed by atoms with Crippen molar-refractivity contribution >= 4 is 40.7 Å². The summed E-state index contributed by atoms with van der Waals surface area (Å²) in [4.78, 5) is 63.1. The maximum Gasteiger partial charge on any atom is 0.333 e. The predicted octanol–water partition coefficient (Wildman–Crippen LogP) is -1.06. The molecule has 11 heteroatoms. The summed E-state index contributed by atoms with van der Waals surface area (Å²) in [6.07, 6.45) is 3.09. The average molecular weight is 371 g/mol. The summed E-state index contributed by atoms with van der Waals surface area (Å²) in [7, 11) is 0. The van der Waals surface area contributed by atoms with Crippen molar-refractivity contribution in [1.82, 2.24) is 9.96 Å². The molecule has 0 saturated carbocycles. The van der Waals surface area contributed by atoms with E-state index in [0.717, 1.165) is 4.90 Å². The predicted molar refractivity (Wildman–Crippen MR) is 79.6 cm³/mol. The van der Waals surface area contributed by atoms with Crippen molar-refractivity contribution in [1.29, 1.82) is 0 Å². The van der Waals surface area contributed by atoms with Crippen LogP contribution in [0.25, 0.3) is 0 Å². The Bertz CT molecular complexity index is 656. The van der Waals surface area contributed by atoms with Crippen molar-refractivity contribution < 1.29 is 37.6 Å². The highest BCUT2D eigenvalue weighted by molar-refractivity contribution is 7.80. The van der Waals surface area contributed by atoms with Gasteiger partial charge in [-0.25, -0.2) is 4.79 Å². The Morgan fingerprint density at radius 1 is 1.16 bits per heavy atom. The summed E-state index contributed by atoms with van der Waals surface area (Å²) < 4.78 is 21.6. The van der Waals surface area contributed by atoms with Crippen LogP contribution in [0.5, 0.6) is 0 Å². The number of unbranched alkanes of at least 4 members (excludes halogenated alkanes) is 2. The van der Waals surface area contributed by atoms with Crippen molar-refractivity contribution in [2.24, 2.45) is 0 Å². The molecule has 0 aliphatic carbocycles. The molecule has 2 rings (SSSR count). The summed E-state index contributed by atoms with van der Waals surface area (Å²) in [6, 6.07) is 0. The molecule has 4 amide bonds. The molecule has 2 aliphatic rings. The van der Waals surface area contributed by atoms with E-state index in [1.807, 2.05) is 0 Å². The van der Waals surface area contributed by atoms with Crippen LogP contribution in [0.2, 0.25) is 0 Å². The van der Waals surface area contributed by atoms with Gasteiger partial charge >= 0.3 is 5.97 Å². The van der Waals surface area contributed by atoms with Gasteiger partial charge in [0, 0.05) is 25.1 Å². The van der Waals surface area contributed by atoms with E-state index in [1.54, 1.807) is 0 Å². The van der Waals surface area contributed by atoms with Crippen molar-refractivity contribution in [3.8, 4) is 0 Å². The second kappa shape index (κ2) is 8.12. The van der Waals surface area contributed by atoms with Crippen molar-refractivity contribution in [2.45, 2.75) is 37.4 Å². The lowest BCUT2D eigenvalue weighted by Crippen LogP contribution is -2.35. The third-order valence-corrected chi connectivity index (χ3v) is 4.48. The zero-order chi connectivity index (χ0) is 18.6. The number of amides is 4. The number of rotatable bonds is 8. The van der Waals surface area contributed by atoms with Gasteiger partial charge in [0.15, 0.2) is 0 Å². The van der Waals surface area contributed by atoms with E-state index in [1.165, 1.54) is 12.2 Å². The number of hydrogen-bond acceptors (Lipinski definition) is 8. The number of hydrogen-bond donors (Lipinski definition) is 0. The molecule has 25 heavy (non-hydrogen) atoms. The third kappa shape index (κ3) is 4.57. The van der Waals surface area contributed by atoms with Crippen molar-refractivity contribution in [3.05, 3.63) is 12.2 Å². The summed E-state index contributed by atoms with van der Waals surface area (Å²) >= 11 is -2.76. The molecule has 2 unspecified atom stereocenters. The van der Waals surface area contributed by atoms with E-state index in [-0.39, 0.29) is 29.8 Å². The van der Waals surface area contributed by atoms with E-state index >= 15 is 0 Å². The summed E-state index contributed by atoms with van der Waals surface area (Å²) in [5.41, 5.74) is 0. The molecule has 0 N–H and O–H groups in total. The number of hydroxylamine groups is 2. The maximum absolute atomic E-state index is 11.6. The Balaban J connectivity index is 1.67. The lowest BCUT2D eigenvalue weighted by molar-refractivity contribution is -0.197. The zero-order valence-electron chi connectivity index (χ0n) is 13.0. The first kappa shape index (κ1) is 18.9. The van der Waals surface area contributed by atoms with Gasteiger partial charge < -0.3 is 9.39 Å². The van der Waals surface area contributed by atoms with Gasteiger partial charge in [-0.2, -0.15) is 0 Å². The topological polar surface area (TPSA) is 141 Å². The quantitative estimate of drug-likeness (QED) is 0.298. The Kier molecular flexibility index (Phi) is 6.15. The van der Waals surface area contributed by atoms with Crippen LogP contribution in [0, 0.1) is 0 Å². The molecule has 0 bridgehead atoms. The molecule has 2 aliphatic heterocycles. The molecule has 0 spiro atoms. The Morgan fingerprint density at radius 2 is 1.80 bits per heavy atom. The van der Waals surface area contributed by atoms with E-state index in [9.17, 15) is 32.7 Å². The van der Waals surface area contributed by atoms with Crippen LogP contribution in [-0.2, 0) is 39.9 Å². The van der Waals surface area contributed by atoms with Crippen LogP contribution in [-0.4, -0.2) is 60.1 Å². The molecule has 10 nitrogen and oxygen atoms in total. The molecule has 0 radical (unpaired) electrons. The third-order valence-electron chi connectivity index (χ3n) is 3.65. The highest BCUT2D eigenvalue weighted by atomic mass is 32.2. The zero-order valence-corrected chi connectivity index (χ0v) is 13.9. The number of nitrogens with zero attached hydrogens (tertiary/aromatic N) is 2. The minimum absolute atomic E-state index is 0.0949. The van der Waals surface area contributed by atoms with E-state index in [0.29, 0.717) is 19.3 Å². The molecule has 2 heterocycles. The summed E-state index contributed by atoms with van der Waals surface area (Å²) in [5, 5.41) is -1.33. The van der Waals surface area contributed by atoms with E-state index in [4.69, 9.17) is 0 Å². The van der Waals surface area contributed by atoms with Gasteiger partial charge in [0.25, 0.3) is 23.6 Å². The highest BCUT2D eigenvalue weighted by Crippen LogP contribution is 2.18. The lowest BCUT2D eigenvalue weighted by Gasteiger charge is -2.15. The molecular formula is C14H15N2O8S-. The van der Waals surface area contributed by atoms with Crippen LogP contribution < -0.4 is 0 Å². The van der Waals surface area contributed by atoms with Crippen LogP contribution in [0.3, 0.4) is 0 Å². The van der Waals surface area contributed by atoms with Gasteiger partial charge in [0.05, 0.1) is 6.42 Å². The van der Waals surface area contributed by atoms with E-state index in [2.05, 4.69) is 4.84 Å². The van der Waals surface area contributed by atoms with Gasteiger partial charge in [-0.15, -0.1) is 5.06 Å². The lowest BCUT2D eigenvalue weighted by atomic mass is 10.2. The Labute approximate surface area is 145 Å². The molecule has 1 fully saturated rings. The molecule has 0 aromatic carbocycles. The maximum atomic E-state index is 11.6. The second-order valence-corrected chi connectivity index (χ2v) is 6.51. The smallest absolute Gasteiger partial charge is 0.333 e. The second-order valence-electron chi connectivity index (χ2n) is 5.42. The molecule has 2 atom stereocenters. The van der Waals surface area contributed by atoms with Crippen molar-refractivity contribution in [3.63, 3.8) is 0 Å². The largest absolute Gasteiger partial charge is 0.772 e. The number of carbonyl (C=O) groups is 5. The van der Waals surface area contributed by atoms with Gasteiger partial charge in [-0.1, -0.05) is 6.42 Å². The Hall–Kier alpha value is -2.40. The van der Waals surface area contributed by atoms with Gasteiger partial charge in [-0.3, -0.25) is 28.3 Å². The average Bonchev–Trinajstić information content (AvgIpc) is 3.01. The van der Waals surface area contributed by atoms with Crippen LogP contribution in [0.1, 0.15) is 32.1 Å². The molecule has 0 aromatic heterocycles. The SMILES string of the molecule is O=C(CCCCCN1C(=O)C=CC1=O)ON1C(=O)CC(S(=O)[O-])C1=O. The minimum Gasteiger partial charge on any atom is -0.772 e. The standard InChI is InChI=1S/C14H16N2O8S/c17-10-5-6-11(18)15(10)7-3-1-2-4-13(20)24-16-12(19)8-9(14(16)21)25(22)23/h5-6,9H,1-4,7-8H2,(H,22,23)/p-1. The van der Waals surface area contributed by atoms with Gasteiger partial charge in [-0.05, 0) is 23.9 Å². The van der Waals surface area contributed by atoms with Crippen LogP contribution >= 0.6 is 0 Å². The normalized spacial score (nSPS) is 21.4. The van der Waals surface area contributed by atoms with Gasteiger partial charge in [0.1, 0.15) is 5.25 Å². The van der Waals surface area contributed by atoms with Crippen LogP contribution in [0.4, 0.5) is 0 Å². The monoisotopic (exact) mass is 371 g/mol.